The fourth-order valence-corrected chi connectivity index (χ4v) is 8.05. The number of hydrogen-bond acceptors (Lipinski definition) is 10. The summed E-state index contributed by atoms with van der Waals surface area (Å²) in [5, 5.41) is 12.4. The third-order valence-electron chi connectivity index (χ3n) is 10.9. The number of anilines is 2. The average Bonchev–Trinajstić information content (AvgIpc) is 3.42. The smallest absolute Gasteiger partial charge is 0.318 e. The van der Waals surface area contributed by atoms with Crippen molar-refractivity contribution in [3.8, 4) is 12.1 Å². The minimum atomic E-state index is -0.239. The van der Waals surface area contributed by atoms with Gasteiger partial charge < -0.3 is 29.1 Å². The van der Waals surface area contributed by atoms with Crippen molar-refractivity contribution in [1.29, 1.82) is 5.26 Å². The van der Waals surface area contributed by atoms with E-state index >= 15 is 0 Å². The molecule has 11 nitrogen and oxygen atoms in total. The zero-order chi connectivity index (χ0) is 34.5. The Morgan fingerprint density at radius 2 is 1.86 bits per heavy atom. The van der Waals surface area contributed by atoms with Crippen molar-refractivity contribution >= 4 is 28.2 Å². The van der Waals surface area contributed by atoms with E-state index in [0.29, 0.717) is 44.8 Å². The largest absolute Gasteiger partial charge is 0.462 e. The maximum atomic E-state index is 13.4. The number of piperazine rings is 1. The maximum absolute atomic E-state index is 13.4. The van der Waals surface area contributed by atoms with Gasteiger partial charge in [0, 0.05) is 74.6 Å². The van der Waals surface area contributed by atoms with Gasteiger partial charge in [0.15, 0.2) is 0 Å². The number of rotatable bonds is 9. The van der Waals surface area contributed by atoms with E-state index in [4.69, 9.17) is 19.4 Å². The van der Waals surface area contributed by atoms with Crippen molar-refractivity contribution in [2.75, 3.05) is 89.0 Å². The first-order valence-electron chi connectivity index (χ1n) is 18.3. The highest BCUT2D eigenvalue weighted by Gasteiger charge is 2.33. The first kappa shape index (κ1) is 34.2. The summed E-state index contributed by atoms with van der Waals surface area (Å²) in [7, 11) is 2.16. The maximum Gasteiger partial charge on any atom is 0.318 e. The van der Waals surface area contributed by atoms with Crippen molar-refractivity contribution in [3.05, 3.63) is 65.4 Å². The molecular weight excluding hydrogens is 628 g/mol. The van der Waals surface area contributed by atoms with Gasteiger partial charge in [-0.1, -0.05) is 36.4 Å². The number of carbonyl (C=O) groups excluding carboxylic acids is 1. The molecule has 0 bridgehead atoms. The summed E-state index contributed by atoms with van der Waals surface area (Å²) in [5.41, 5.74) is 4.64. The van der Waals surface area contributed by atoms with Crippen LogP contribution in [0.2, 0.25) is 0 Å². The Bertz CT molecular complexity index is 1730. The average molecular weight is 679 g/mol. The normalized spacial score (nSPS) is 22.1. The molecule has 1 unspecified atom stereocenters. The first-order valence-corrected chi connectivity index (χ1v) is 18.3. The van der Waals surface area contributed by atoms with Gasteiger partial charge in [0.1, 0.15) is 12.4 Å². The molecule has 1 amide bonds. The zero-order valence-corrected chi connectivity index (χ0v) is 29.6. The van der Waals surface area contributed by atoms with Gasteiger partial charge in [-0.15, -0.1) is 0 Å². The number of carbonyl (C=O) groups is 1. The highest BCUT2D eigenvalue weighted by atomic mass is 16.5. The number of morpholine rings is 1. The lowest BCUT2D eigenvalue weighted by molar-refractivity contribution is -0.128. The molecule has 0 radical (unpaired) electrons. The molecule has 0 N–H and O–H groups in total. The zero-order valence-electron chi connectivity index (χ0n) is 29.6. The SMILES string of the molecule is Cc1cccc2cccc(N3CCCc4c(nc(OC[C@@H]5CCCN5C)nc4N4CCN(C(=O)/C=C/CN5CCOCC5)C(CC#N)C4)C3)c12. The number of aryl methyl sites for hydroxylation is 1. The van der Waals surface area contributed by atoms with Gasteiger partial charge in [-0.05, 0) is 63.2 Å². The van der Waals surface area contributed by atoms with Gasteiger partial charge in [0.2, 0.25) is 5.91 Å². The molecule has 50 heavy (non-hydrogen) atoms. The Morgan fingerprint density at radius 3 is 2.66 bits per heavy atom. The van der Waals surface area contributed by atoms with Gasteiger partial charge in [0.25, 0.3) is 0 Å². The molecule has 4 aliphatic heterocycles. The van der Waals surface area contributed by atoms with Gasteiger partial charge in [-0.2, -0.15) is 15.2 Å². The number of nitriles is 1. The molecule has 2 aromatic carbocycles. The molecule has 7 rings (SSSR count). The van der Waals surface area contributed by atoms with Crippen molar-refractivity contribution in [3.63, 3.8) is 0 Å². The lowest BCUT2D eigenvalue weighted by Crippen LogP contribution is -2.55. The summed E-state index contributed by atoms with van der Waals surface area (Å²) in [4.78, 5) is 34.9. The summed E-state index contributed by atoms with van der Waals surface area (Å²) in [6, 6.07) is 15.9. The third-order valence-corrected chi connectivity index (χ3v) is 10.9. The molecule has 5 heterocycles. The molecule has 0 saturated carbocycles. The number of fused-ring (bicyclic) bond motifs is 2. The number of hydrogen-bond donors (Lipinski definition) is 0. The molecule has 1 aromatic heterocycles. The molecule has 3 aromatic rings. The van der Waals surface area contributed by atoms with Crippen LogP contribution >= 0.6 is 0 Å². The van der Waals surface area contributed by atoms with Crippen molar-refractivity contribution in [1.82, 2.24) is 24.7 Å². The monoisotopic (exact) mass is 678 g/mol. The quantitative estimate of drug-likeness (QED) is 0.307. The second-order valence-corrected chi connectivity index (χ2v) is 14.1. The minimum Gasteiger partial charge on any atom is -0.462 e. The van der Waals surface area contributed by atoms with E-state index in [-0.39, 0.29) is 18.4 Å². The summed E-state index contributed by atoms with van der Waals surface area (Å²) in [5.74, 6) is 0.851. The van der Waals surface area contributed by atoms with E-state index in [1.807, 2.05) is 11.0 Å². The van der Waals surface area contributed by atoms with Crippen LogP contribution in [0.5, 0.6) is 6.01 Å². The van der Waals surface area contributed by atoms with Gasteiger partial charge in [-0.25, -0.2) is 0 Å². The fraction of sp³-hybridized carbons (Fsp3) is 0.538. The van der Waals surface area contributed by atoms with E-state index in [2.05, 4.69) is 76.0 Å². The van der Waals surface area contributed by atoms with Gasteiger partial charge in [0.05, 0.1) is 44.0 Å². The van der Waals surface area contributed by atoms with Gasteiger partial charge in [-0.3, -0.25) is 9.69 Å². The molecule has 0 aliphatic carbocycles. The Kier molecular flexibility index (Phi) is 10.8. The van der Waals surface area contributed by atoms with E-state index in [9.17, 15) is 10.1 Å². The highest BCUT2D eigenvalue weighted by molar-refractivity contribution is 5.97. The van der Waals surface area contributed by atoms with Crippen LogP contribution in [-0.4, -0.2) is 122 Å². The predicted molar refractivity (Wildman–Crippen MR) is 196 cm³/mol. The number of ether oxygens (including phenoxy) is 2. The minimum absolute atomic E-state index is 0.0367. The summed E-state index contributed by atoms with van der Waals surface area (Å²) < 4.78 is 11.9. The first-order chi connectivity index (χ1) is 24.5. The summed E-state index contributed by atoms with van der Waals surface area (Å²) >= 11 is 0. The second-order valence-electron chi connectivity index (χ2n) is 14.1. The molecule has 3 fully saturated rings. The number of likely N-dealkylation sites (tertiary alicyclic amines) is 1. The van der Waals surface area contributed by atoms with Crippen molar-refractivity contribution < 1.29 is 14.3 Å². The topological polar surface area (TPSA) is 101 Å². The number of likely N-dealkylation sites (N-methyl/N-ethyl adjacent to an activating group) is 1. The molecule has 4 aliphatic rings. The van der Waals surface area contributed by atoms with Crippen LogP contribution in [-0.2, 0) is 22.5 Å². The second kappa shape index (κ2) is 15.8. The summed E-state index contributed by atoms with van der Waals surface area (Å²) in [6.07, 6.45) is 7.99. The van der Waals surface area contributed by atoms with E-state index in [1.54, 1.807) is 6.08 Å². The lowest BCUT2D eigenvalue weighted by atomic mass is 10.0. The Morgan fingerprint density at radius 1 is 1.02 bits per heavy atom. The number of aromatic nitrogens is 2. The fourth-order valence-electron chi connectivity index (χ4n) is 8.05. The van der Waals surface area contributed by atoms with Crippen LogP contribution in [0.3, 0.4) is 0 Å². The molecule has 11 heteroatoms. The third kappa shape index (κ3) is 7.58. The Hall–Kier alpha value is -4.24. The molecule has 2 atom stereocenters. The van der Waals surface area contributed by atoms with Crippen LogP contribution < -0.4 is 14.5 Å². The standard InChI is InChI=1S/C39H50N8O3/c1-29-8-3-9-30-10-4-13-35(37(29)30)45-19-6-12-33-34(27-45)41-39(50-28-32-11-5-17-43(32)2)42-38(33)46-20-21-47(31(26-46)15-16-40)36(48)14-7-18-44-22-24-49-25-23-44/h3-4,7-10,13-14,31-32H,5-6,11-12,15,17-28H2,1-2H3/b14-7+/t31?,32-/m0/s1. The van der Waals surface area contributed by atoms with Crippen molar-refractivity contribution in [2.24, 2.45) is 0 Å². The van der Waals surface area contributed by atoms with Gasteiger partial charge >= 0.3 is 6.01 Å². The molecule has 0 spiro atoms. The van der Waals surface area contributed by atoms with Crippen LogP contribution in [0.1, 0.15) is 42.5 Å². The van der Waals surface area contributed by atoms with E-state index in [1.165, 1.54) is 28.4 Å². The number of nitrogens with zero attached hydrogens (tertiary/aromatic N) is 8. The van der Waals surface area contributed by atoms with Crippen LogP contribution in [0.15, 0.2) is 48.6 Å². The van der Waals surface area contributed by atoms with E-state index in [0.717, 1.165) is 82.3 Å². The van der Waals surface area contributed by atoms with Crippen molar-refractivity contribution in [2.45, 2.75) is 57.7 Å². The predicted octanol–water partition coefficient (Wildman–Crippen LogP) is 4.18. The molecule has 264 valence electrons. The van der Waals surface area contributed by atoms with Crippen LogP contribution in [0.25, 0.3) is 10.8 Å². The summed E-state index contributed by atoms with van der Waals surface area (Å²) in [6.45, 7) is 11.0. The number of benzene rings is 2. The van der Waals surface area contributed by atoms with E-state index < -0.39 is 0 Å². The highest BCUT2D eigenvalue weighted by Crippen LogP contribution is 2.35. The van der Waals surface area contributed by atoms with Crippen LogP contribution in [0.4, 0.5) is 11.5 Å². The van der Waals surface area contributed by atoms with Crippen LogP contribution in [0, 0.1) is 18.3 Å². The molecular formula is C39H50N8O3. The molecule has 3 saturated heterocycles. The Labute approximate surface area is 296 Å². The lowest BCUT2D eigenvalue weighted by Gasteiger charge is -2.41. The Balaban J connectivity index is 1.16. The number of amides is 1.